The summed E-state index contributed by atoms with van der Waals surface area (Å²) in [5, 5.41) is 2.91. The molecule has 1 heterocycles. The molecular formula is C13H14BrN3O. The second-order valence-corrected chi connectivity index (χ2v) is 5.04. The number of halogens is 1. The first-order valence-electron chi connectivity index (χ1n) is 5.64. The number of imidazole rings is 1. The number of carbonyl (C=O) groups is 1. The molecule has 1 aromatic carbocycles. The molecule has 2 N–H and O–H groups in total. The Hall–Kier alpha value is -1.62. The van der Waals surface area contributed by atoms with Gasteiger partial charge in [0.1, 0.15) is 5.82 Å². The molecule has 0 saturated carbocycles. The summed E-state index contributed by atoms with van der Waals surface area (Å²) >= 11 is 3.37. The molecule has 18 heavy (non-hydrogen) atoms. The lowest BCUT2D eigenvalue weighted by atomic mass is 10.1. The molecule has 1 atom stereocenters. The summed E-state index contributed by atoms with van der Waals surface area (Å²) < 4.78 is 0.893. The van der Waals surface area contributed by atoms with Gasteiger partial charge in [0.15, 0.2) is 0 Å². The summed E-state index contributed by atoms with van der Waals surface area (Å²) in [6, 6.07) is 5.50. The fourth-order valence-electron chi connectivity index (χ4n) is 1.70. The monoisotopic (exact) mass is 307 g/mol. The number of rotatable bonds is 3. The first-order chi connectivity index (χ1) is 8.58. The van der Waals surface area contributed by atoms with Gasteiger partial charge in [-0.15, -0.1) is 0 Å². The fraction of sp³-hybridized carbons (Fsp3) is 0.231. The van der Waals surface area contributed by atoms with E-state index in [-0.39, 0.29) is 11.9 Å². The largest absolute Gasteiger partial charge is 0.347 e. The molecule has 0 aliphatic carbocycles. The van der Waals surface area contributed by atoms with E-state index < -0.39 is 0 Å². The minimum atomic E-state index is -0.147. The van der Waals surface area contributed by atoms with E-state index in [9.17, 15) is 4.79 Å². The number of amides is 1. The predicted octanol–water partition coefficient (Wildman–Crippen LogP) is 2.97. The number of hydrogen-bond donors (Lipinski definition) is 2. The molecule has 4 nitrogen and oxygen atoms in total. The Labute approximate surface area is 114 Å². The SMILES string of the molecule is Cc1ccc(Br)cc1C(=O)NC(C)c1ncc[nH]1. The summed E-state index contributed by atoms with van der Waals surface area (Å²) in [5.41, 5.74) is 1.62. The standard InChI is InChI=1S/C13H14BrN3O/c1-8-3-4-10(14)7-11(8)13(18)17-9(2)12-15-5-6-16-12/h3-7,9H,1-2H3,(H,15,16)(H,17,18). The Morgan fingerprint density at radius 3 is 2.94 bits per heavy atom. The highest BCUT2D eigenvalue weighted by atomic mass is 79.9. The van der Waals surface area contributed by atoms with Gasteiger partial charge in [0.2, 0.25) is 0 Å². The minimum Gasteiger partial charge on any atom is -0.347 e. The van der Waals surface area contributed by atoms with Crippen molar-refractivity contribution >= 4 is 21.8 Å². The fourth-order valence-corrected chi connectivity index (χ4v) is 2.06. The number of nitrogens with one attached hydrogen (secondary N) is 2. The Bertz CT molecular complexity index is 551. The third-order valence-electron chi connectivity index (χ3n) is 2.72. The van der Waals surface area contributed by atoms with Gasteiger partial charge in [0.25, 0.3) is 5.91 Å². The zero-order chi connectivity index (χ0) is 13.1. The molecule has 0 bridgehead atoms. The Morgan fingerprint density at radius 1 is 1.50 bits per heavy atom. The number of aromatic amines is 1. The smallest absolute Gasteiger partial charge is 0.252 e. The van der Waals surface area contributed by atoms with Gasteiger partial charge in [0.05, 0.1) is 6.04 Å². The molecule has 2 aromatic rings. The van der Waals surface area contributed by atoms with Crippen LogP contribution in [-0.4, -0.2) is 15.9 Å². The number of H-pyrrole nitrogens is 1. The molecule has 0 aliphatic rings. The van der Waals surface area contributed by atoms with E-state index in [1.54, 1.807) is 12.4 Å². The molecule has 0 radical (unpaired) electrons. The molecule has 2 rings (SSSR count). The van der Waals surface area contributed by atoms with Crippen LogP contribution in [0.25, 0.3) is 0 Å². The van der Waals surface area contributed by atoms with Crippen molar-refractivity contribution in [2.75, 3.05) is 0 Å². The quantitative estimate of drug-likeness (QED) is 0.916. The lowest BCUT2D eigenvalue weighted by Crippen LogP contribution is -2.27. The van der Waals surface area contributed by atoms with Gasteiger partial charge in [-0.05, 0) is 31.5 Å². The van der Waals surface area contributed by atoms with E-state index in [1.807, 2.05) is 32.0 Å². The Balaban J connectivity index is 2.15. The lowest BCUT2D eigenvalue weighted by molar-refractivity contribution is 0.0937. The second kappa shape index (κ2) is 5.35. The molecular weight excluding hydrogens is 294 g/mol. The van der Waals surface area contributed by atoms with Gasteiger partial charge in [0, 0.05) is 22.4 Å². The number of benzene rings is 1. The molecule has 94 valence electrons. The topological polar surface area (TPSA) is 57.8 Å². The Morgan fingerprint density at radius 2 is 2.28 bits per heavy atom. The zero-order valence-electron chi connectivity index (χ0n) is 10.2. The summed E-state index contributed by atoms with van der Waals surface area (Å²) in [6.45, 7) is 3.81. The average Bonchev–Trinajstić information content (AvgIpc) is 2.85. The number of nitrogens with zero attached hydrogens (tertiary/aromatic N) is 1. The van der Waals surface area contributed by atoms with Crippen LogP contribution in [0.3, 0.4) is 0 Å². The third kappa shape index (κ3) is 2.79. The normalized spacial score (nSPS) is 12.2. The van der Waals surface area contributed by atoms with Crippen LogP contribution >= 0.6 is 15.9 Å². The number of aromatic nitrogens is 2. The van der Waals surface area contributed by atoms with Gasteiger partial charge < -0.3 is 10.3 Å². The average molecular weight is 308 g/mol. The van der Waals surface area contributed by atoms with Crippen molar-refractivity contribution in [3.63, 3.8) is 0 Å². The zero-order valence-corrected chi connectivity index (χ0v) is 11.8. The highest BCUT2D eigenvalue weighted by Crippen LogP contribution is 2.17. The molecule has 1 amide bonds. The maximum Gasteiger partial charge on any atom is 0.252 e. The van der Waals surface area contributed by atoms with Crippen LogP contribution in [0.5, 0.6) is 0 Å². The van der Waals surface area contributed by atoms with E-state index in [0.717, 1.165) is 15.9 Å². The molecule has 1 aromatic heterocycles. The first-order valence-corrected chi connectivity index (χ1v) is 6.43. The van der Waals surface area contributed by atoms with E-state index in [0.29, 0.717) is 5.56 Å². The van der Waals surface area contributed by atoms with Gasteiger partial charge in [-0.3, -0.25) is 4.79 Å². The van der Waals surface area contributed by atoms with Crippen molar-refractivity contribution in [3.8, 4) is 0 Å². The van der Waals surface area contributed by atoms with Gasteiger partial charge >= 0.3 is 0 Å². The highest BCUT2D eigenvalue weighted by molar-refractivity contribution is 9.10. The third-order valence-corrected chi connectivity index (χ3v) is 3.21. The molecule has 1 unspecified atom stereocenters. The summed E-state index contributed by atoms with van der Waals surface area (Å²) in [5.74, 6) is 0.647. The minimum absolute atomic E-state index is 0.0994. The molecule has 0 fully saturated rings. The highest BCUT2D eigenvalue weighted by Gasteiger charge is 2.14. The van der Waals surface area contributed by atoms with Crippen molar-refractivity contribution in [3.05, 3.63) is 52.0 Å². The van der Waals surface area contributed by atoms with Crippen LogP contribution in [0.4, 0.5) is 0 Å². The maximum absolute atomic E-state index is 12.1. The molecule has 0 spiro atoms. The van der Waals surface area contributed by atoms with Crippen LogP contribution in [-0.2, 0) is 0 Å². The van der Waals surface area contributed by atoms with Gasteiger partial charge in [-0.1, -0.05) is 22.0 Å². The lowest BCUT2D eigenvalue weighted by Gasteiger charge is -2.13. The van der Waals surface area contributed by atoms with Crippen LogP contribution in [0.2, 0.25) is 0 Å². The summed E-state index contributed by atoms with van der Waals surface area (Å²) in [4.78, 5) is 19.3. The van der Waals surface area contributed by atoms with Crippen LogP contribution in [0.1, 0.15) is 34.7 Å². The number of carbonyl (C=O) groups excluding carboxylic acids is 1. The van der Waals surface area contributed by atoms with E-state index in [4.69, 9.17) is 0 Å². The second-order valence-electron chi connectivity index (χ2n) is 4.13. The van der Waals surface area contributed by atoms with Gasteiger partial charge in [-0.25, -0.2) is 4.98 Å². The van der Waals surface area contributed by atoms with Crippen molar-refractivity contribution in [1.29, 1.82) is 0 Å². The van der Waals surface area contributed by atoms with E-state index in [2.05, 4.69) is 31.2 Å². The summed E-state index contributed by atoms with van der Waals surface area (Å²) in [6.07, 6.45) is 3.41. The number of aryl methyl sites for hydroxylation is 1. The molecule has 5 heteroatoms. The van der Waals surface area contributed by atoms with Gasteiger partial charge in [-0.2, -0.15) is 0 Å². The van der Waals surface area contributed by atoms with Crippen molar-refractivity contribution in [1.82, 2.24) is 15.3 Å². The Kier molecular flexibility index (Phi) is 3.81. The first kappa shape index (κ1) is 12.8. The molecule has 0 aliphatic heterocycles. The van der Waals surface area contributed by atoms with Crippen LogP contribution in [0, 0.1) is 6.92 Å². The van der Waals surface area contributed by atoms with Crippen molar-refractivity contribution in [2.45, 2.75) is 19.9 Å². The van der Waals surface area contributed by atoms with Crippen molar-refractivity contribution in [2.24, 2.45) is 0 Å². The number of hydrogen-bond acceptors (Lipinski definition) is 2. The van der Waals surface area contributed by atoms with Crippen LogP contribution in [0.15, 0.2) is 35.1 Å². The maximum atomic E-state index is 12.1. The molecule has 0 saturated heterocycles. The van der Waals surface area contributed by atoms with Crippen LogP contribution < -0.4 is 5.32 Å². The van der Waals surface area contributed by atoms with E-state index >= 15 is 0 Å². The van der Waals surface area contributed by atoms with Crippen molar-refractivity contribution < 1.29 is 4.79 Å². The predicted molar refractivity (Wildman–Crippen MR) is 73.3 cm³/mol. The summed E-state index contributed by atoms with van der Waals surface area (Å²) in [7, 11) is 0. The van der Waals surface area contributed by atoms with E-state index in [1.165, 1.54) is 0 Å².